The maximum Gasteiger partial charge on any atom is 0.160 e. The third kappa shape index (κ3) is 7.93. The molecule has 2 heterocycles. The lowest BCUT2D eigenvalue weighted by Gasteiger charge is -2.22. The number of benzene rings is 9. The van der Waals surface area contributed by atoms with Gasteiger partial charge in [-0.15, -0.1) is 0 Å². The number of hydrogen-bond donors (Lipinski definition) is 0. The van der Waals surface area contributed by atoms with E-state index in [1.807, 2.05) is 91.0 Å². The van der Waals surface area contributed by atoms with Crippen molar-refractivity contribution in [1.82, 2.24) is 14.5 Å². The molecule has 0 radical (unpaired) electrons. The van der Waals surface area contributed by atoms with Crippen LogP contribution in [0.25, 0.3) is 106 Å². The smallest absolute Gasteiger partial charge is 0.160 e. The van der Waals surface area contributed by atoms with E-state index in [2.05, 4.69) is 154 Å². The fourth-order valence-corrected chi connectivity index (χ4v) is 10.0. The normalized spacial score (nSPS) is 11.2. The van der Waals surface area contributed by atoms with Crippen molar-refractivity contribution in [1.29, 1.82) is 10.5 Å². The third-order valence-corrected chi connectivity index (χ3v) is 13.0. The summed E-state index contributed by atoms with van der Waals surface area (Å²) in [5, 5.41) is 23.9. The van der Waals surface area contributed by atoms with E-state index in [4.69, 9.17) is 9.97 Å². The van der Waals surface area contributed by atoms with Gasteiger partial charge in [0.05, 0.1) is 51.4 Å². The molecule has 11 aromatic rings. The van der Waals surface area contributed by atoms with E-state index >= 15 is 0 Å². The van der Waals surface area contributed by atoms with Crippen molar-refractivity contribution >= 4 is 21.8 Å². The molecule has 0 bridgehead atoms. The molecule has 326 valence electrons. The molecular weight excluding hydrogens is 839 g/mol. The van der Waals surface area contributed by atoms with Gasteiger partial charge in [-0.2, -0.15) is 10.5 Å². The monoisotopic (exact) mass is 883 g/mol. The van der Waals surface area contributed by atoms with Gasteiger partial charge < -0.3 is 4.57 Å². The minimum absolute atomic E-state index is 0.520. The molecule has 9 aromatic carbocycles. The van der Waals surface area contributed by atoms with Crippen LogP contribution in [-0.4, -0.2) is 14.5 Å². The molecule has 5 nitrogen and oxygen atoms in total. The number of hydrogen-bond acceptors (Lipinski definition) is 4. The van der Waals surface area contributed by atoms with Gasteiger partial charge in [0.25, 0.3) is 0 Å². The Morgan fingerprint density at radius 3 is 1.17 bits per heavy atom. The summed E-state index contributed by atoms with van der Waals surface area (Å²) in [4.78, 5) is 10.6. The zero-order valence-electron chi connectivity index (χ0n) is 38.8. The minimum Gasteiger partial charge on any atom is -0.308 e. The van der Waals surface area contributed by atoms with Crippen molar-refractivity contribution in [2.75, 3.05) is 0 Å². The van der Waals surface area contributed by atoms with Crippen LogP contribution in [0, 0.1) is 50.4 Å². The van der Waals surface area contributed by atoms with Crippen LogP contribution < -0.4 is 0 Å². The van der Waals surface area contributed by atoms with Crippen LogP contribution in [-0.2, 0) is 0 Å². The highest BCUT2D eigenvalue weighted by molar-refractivity contribution is 6.13. The molecule has 0 unspecified atom stereocenters. The Balaban J connectivity index is 1.29. The molecular formula is C64H45N5. The van der Waals surface area contributed by atoms with E-state index in [9.17, 15) is 10.5 Å². The lowest BCUT2D eigenvalue weighted by Crippen LogP contribution is -2.04. The first-order valence-electron chi connectivity index (χ1n) is 23.2. The highest BCUT2D eigenvalue weighted by Crippen LogP contribution is 2.46. The highest BCUT2D eigenvalue weighted by atomic mass is 15.0. The van der Waals surface area contributed by atoms with E-state index < -0.39 is 0 Å². The van der Waals surface area contributed by atoms with Crippen LogP contribution in [0.4, 0.5) is 0 Å². The number of nitrogens with zero attached hydrogens (tertiary/aromatic N) is 5. The lowest BCUT2D eigenvalue weighted by molar-refractivity contribution is 1.16. The summed E-state index contributed by atoms with van der Waals surface area (Å²) < 4.78 is 2.34. The average Bonchev–Trinajstić information content (AvgIpc) is 3.70. The first-order chi connectivity index (χ1) is 33.7. The molecule has 5 heteroatoms. The van der Waals surface area contributed by atoms with E-state index in [1.54, 1.807) is 0 Å². The molecule has 0 aliphatic carbocycles. The summed E-state index contributed by atoms with van der Waals surface area (Å²) in [6, 6.07) is 74.1. The fourth-order valence-electron chi connectivity index (χ4n) is 10.0. The summed E-state index contributed by atoms with van der Waals surface area (Å²) in [6.45, 7) is 8.58. The fraction of sp³-hybridized carbons (Fsp3) is 0.0625. The van der Waals surface area contributed by atoms with Crippen molar-refractivity contribution in [2.45, 2.75) is 27.7 Å². The molecule has 0 fully saturated rings. The molecule has 0 saturated heterocycles. The van der Waals surface area contributed by atoms with Crippen molar-refractivity contribution in [3.05, 3.63) is 234 Å². The van der Waals surface area contributed by atoms with Crippen molar-refractivity contribution in [3.63, 3.8) is 0 Å². The van der Waals surface area contributed by atoms with Crippen LogP contribution in [0.2, 0.25) is 0 Å². The Morgan fingerprint density at radius 1 is 0.348 bits per heavy atom. The molecule has 2 aromatic heterocycles. The largest absolute Gasteiger partial charge is 0.308 e. The standard InChI is InChI=1S/C64H45N5/c1-40-27-41(2)30-50(29-40)46-23-25-61-55(33-46)56-34-47(51-31-42(3)28-43(4)32-51)24-26-62(56)69(61)63-57(53-21-13-11-19-48(53)38-65)35-52(36-58(63)54-22-14-12-20-49(54)39-66)64-67-59(44-15-7-5-8-16-44)37-60(68-64)45-17-9-6-10-18-45/h5-37H,1-4H3. The van der Waals surface area contributed by atoms with Crippen molar-refractivity contribution in [3.8, 4) is 96.2 Å². The highest BCUT2D eigenvalue weighted by Gasteiger charge is 2.26. The second-order valence-corrected chi connectivity index (χ2v) is 18.0. The van der Waals surface area contributed by atoms with Crippen LogP contribution in [0.3, 0.4) is 0 Å². The summed E-state index contributed by atoms with van der Waals surface area (Å²) >= 11 is 0. The van der Waals surface area contributed by atoms with Crippen LogP contribution in [0.1, 0.15) is 33.4 Å². The Hall–Kier alpha value is -9.16. The summed E-state index contributed by atoms with van der Waals surface area (Å²) in [5.41, 5.74) is 20.6. The maximum atomic E-state index is 10.9. The zero-order valence-corrected chi connectivity index (χ0v) is 38.8. The van der Waals surface area contributed by atoms with E-state index in [0.717, 1.165) is 100 Å². The summed E-state index contributed by atoms with van der Waals surface area (Å²) in [7, 11) is 0. The predicted octanol–water partition coefficient (Wildman–Crippen LogP) is 16.2. The van der Waals surface area contributed by atoms with Gasteiger partial charge >= 0.3 is 0 Å². The number of rotatable bonds is 8. The number of aryl methyl sites for hydroxylation is 4. The zero-order chi connectivity index (χ0) is 47.2. The van der Waals surface area contributed by atoms with Gasteiger partial charge in [0.15, 0.2) is 5.82 Å². The summed E-state index contributed by atoms with van der Waals surface area (Å²) in [6.07, 6.45) is 0. The maximum absolute atomic E-state index is 10.9. The molecule has 69 heavy (non-hydrogen) atoms. The van der Waals surface area contributed by atoms with E-state index in [1.165, 1.54) is 22.3 Å². The Labute approximate surface area is 402 Å². The van der Waals surface area contributed by atoms with Gasteiger partial charge in [-0.1, -0.05) is 168 Å². The molecule has 0 saturated carbocycles. The molecule has 0 N–H and O–H groups in total. The SMILES string of the molecule is Cc1cc(C)cc(-c2ccc3c(c2)c2cc(-c4cc(C)cc(C)c4)ccc2n3-c2c(-c3ccccc3C#N)cc(-c3nc(-c4ccccc4)cc(-c4ccccc4)n3)cc2-c2ccccc2C#N)c1. The van der Waals surface area contributed by atoms with Crippen molar-refractivity contribution in [2.24, 2.45) is 0 Å². The van der Waals surface area contributed by atoms with Crippen LogP contribution >= 0.6 is 0 Å². The first kappa shape index (κ1) is 42.5. The summed E-state index contributed by atoms with van der Waals surface area (Å²) in [5.74, 6) is 0.520. The molecule has 0 spiro atoms. The van der Waals surface area contributed by atoms with Crippen molar-refractivity contribution < 1.29 is 0 Å². The van der Waals surface area contributed by atoms with Crippen LogP contribution in [0.5, 0.6) is 0 Å². The first-order valence-corrected chi connectivity index (χ1v) is 23.2. The third-order valence-electron chi connectivity index (χ3n) is 13.0. The van der Waals surface area contributed by atoms with Gasteiger partial charge in [0.1, 0.15) is 0 Å². The minimum atomic E-state index is 0.520. The lowest BCUT2D eigenvalue weighted by atomic mass is 9.89. The van der Waals surface area contributed by atoms with Gasteiger partial charge in [-0.05, 0) is 105 Å². The van der Waals surface area contributed by atoms with Gasteiger partial charge in [0.2, 0.25) is 0 Å². The predicted molar refractivity (Wildman–Crippen MR) is 283 cm³/mol. The van der Waals surface area contributed by atoms with E-state index in [-0.39, 0.29) is 0 Å². The number of nitriles is 2. The topological polar surface area (TPSA) is 78.3 Å². The Kier molecular flexibility index (Phi) is 10.8. The number of aromatic nitrogens is 3. The van der Waals surface area contributed by atoms with Gasteiger partial charge in [-0.3, -0.25) is 0 Å². The van der Waals surface area contributed by atoms with Gasteiger partial charge in [-0.25, -0.2) is 9.97 Å². The molecule has 0 aliphatic heterocycles. The van der Waals surface area contributed by atoms with Crippen LogP contribution in [0.15, 0.2) is 200 Å². The second kappa shape index (κ2) is 17.6. The van der Waals surface area contributed by atoms with Gasteiger partial charge in [0, 0.05) is 49.7 Å². The molecule has 0 atom stereocenters. The molecule has 11 rings (SSSR count). The van der Waals surface area contributed by atoms with E-state index in [0.29, 0.717) is 17.0 Å². The Morgan fingerprint density at radius 2 is 0.754 bits per heavy atom. The molecule has 0 amide bonds. The number of fused-ring (bicyclic) bond motifs is 3. The second-order valence-electron chi connectivity index (χ2n) is 18.0. The average molecular weight is 884 g/mol. The Bertz CT molecular complexity index is 3620. The quantitative estimate of drug-likeness (QED) is 0.152. The molecule has 0 aliphatic rings.